The van der Waals surface area contributed by atoms with E-state index < -0.39 is 6.04 Å². The molecule has 2 rings (SSSR count). The van der Waals surface area contributed by atoms with Gasteiger partial charge in [0.25, 0.3) is 0 Å². The predicted octanol–water partition coefficient (Wildman–Crippen LogP) is 2.77. The van der Waals surface area contributed by atoms with Crippen molar-refractivity contribution >= 4 is 21.8 Å². The van der Waals surface area contributed by atoms with Crippen LogP contribution >= 0.6 is 15.9 Å². The maximum atomic E-state index is 11.9. The summed E-state index contributed by atoms with van der Waals surface area (Å²) in [4.78, 5) is 11.9. The minimum Gasteiger partial charge on any atom is -0.350 e. The van der Waals surface area contributed by atoms with Crippen molar-refractivity contribution in [3.05, 3.63) is 70.2 Å². The van der Waals surface area contributed by atoms with Crippen LogP contribution in [0.3, 0.4) is 0 Å². The van der Waals surface area contributed by atoms with Gasteiger partial charge in [-0.25, -0.2) is 0 Å². The van der Waals surface area contributed by atoms with Gasteiger partial charge in [0.1, 0.15) is 6.04 Å². The minimum atomic E-state index is -0.628. The number of carbonyl (C=O) groups excluding carboxylic acids is 1. The first kappa shape index (κ1) is 13.8. The standard InChI is InChI=1S/C15H15BrN2O/c16-13-8-6-11(7-9-13)10-18-15(19)14(17)12-4-2-1-3-5-12/h1-9,14H,10,17H2,(H,18,19). The summed E-state index contributed by atoms with van der Waals surface area (Å²) in [7, 11) is 0. The molecule has 0 fully saturated rings. The van der Waals surface area contributed by atoms with Crippen LogP contribution in [-0.2, 0) is 11.3 Å². The van der Waals surface area contributed by atoms with Crippen molar-refractivity contribution in [2.45, 2.75) is 12.6 Å². The molecule has 0 bridgehead atoms. The van der Waals surface area contributed by atoms with E-state index in [4.69, 9.17) is 5.73 Å². The molecule has 2 aromatic rings. The molecule has 0 saturated carbocycles. The lowest BCUT2D eigenvalue weighted by molar-refractivity contribution is -0.122. The molecule has 0 radical (unpaired) electrons. The van der Waals surface area contributed by atoms with Crippen LogP contribution in [0.2, 0.25) is 0 Å². The van der Waals surface area contributed by atoms with Crippen LogP contribution in [0.25, 0.3) is 0 Å². The van der Waals surface area contributed by atoms with Crippen LogP contribution in [-0.4, -0.2) is 5.91 Å². The quantitative estimate of drug-likeness (QED) is 0.910. The van der Waals surface area contributed by atoms with Crippen LogP contribution in [0.1, 0.15) is 17.2 Å². The molecule has 3 nitrogen and oxygen atoms in total. The molecule has 1 unspecified atom stereocenters. The third-order valence-electron chi connectivity index (χ3n) is 2.82. The molecule has 0 aromatic heterocycles. The van der Waals surface area contributed by atoms with E-state index in [0.29, 0.717) is 6.54 Å². The summed E-state index contributed by atoms with van der Waals surface area (Å²) in [6.45, 7) is 0.479. The summed E-state index contributed by atoms with van der Waals surface area (Å²) in [5.74, 6) is -0.172. The molecule has 4 heteroatoms. The van der Waals surface area contributed by atoms with Crippen LogP contribution < -0.4 is 11.1 Å². The third kappa shape index (κ3) is 3.91. The number of carbonyl (C=O) groups is 1. The Labute approximate surface area is 121 Å². The highest BCUT2D eigenvalue weighted by molar-refractivity contribution is 9.10. The zero-order valence-electron chi connectivity index (χ0n) is 10.3. The molecular weight excluding hydrogens is 304 g/mol. The van der Waals surface area contributed by atoms with Gasteiger partial charge in [0.05, 0.1) is 0 Å². The van der Waals surface area contributed by atoms with E-state index >= 15 is 0 Å². The summed E-state index contributed by atoms with van der Waals surface area (Å²) in [5, 5.41) is 2.84. The first-order chi connectivity index (χ1) is 9.16. The molecule has 2 aromatic carbocycles. The number of nitrogens with two attached hydrogens (primary N) is 1. The van der Waals surface area contributed by atoms with Gasteiger partial charge >= 0.3 is 0 Å². The van der Waals surface area contributed by atoms with Gasteiger partial charge in [0, 0.05) is 11.0 Å². The van der Waals surface area contributed by atoms with Gasteiger partial charge in [0.15, 0.2) is 0 Å². The Morgan fingerprint density at radius 3 is 2.37 bits per heavy atom. The molecule has 0 aliphatic heterocycles. The lowest BCUT2D eigenvalue weighted by Gasteiger charge is -2.12. The number of nitrogens with one attached hydrogen (secondary N) is 1. The fourth-order valence-corrected chi connectivity index (χ4v) is 1.98. The Bertz CT molecular complexity index is 540. The van der Waals surface area contributed by atoms with E-state index in [1.54, 1.807) is 0 Å². The van der Waals surface area contributed by atoms with Gasteiger partial charge in [-0.2, -0.15) is 0 Å². The van der Waals surface area contributed by atoms with Crippen molar-refractivity contribution in [2.24, 2.45) is 5.73 Å². The number of halogens is 1. The van der Waals surface area contributed by atoms with E-state index in [0.717, 1.165) is 15.6 Å². The van der Waals surface area contributed by atoms with Crippen molar-refractivity contribution in [3.63, 3.8) is 0 Å². The van der Waals surface area contributed by atoms with E-state index in [9.17, 15) is 4.79 Å². The van der Waals surface area contributed by atoms with E-state index in [2.05, 4.69) is 21.2 Å². The monoisotopic (exact) mass is 318 g/mol. The highest BCUT2D eigenvalue weighted by Crippen LogP contribution is 2.12. The van der Waals surface area contributed by atoms with Crippen molar-refractivity contribution < 1.29 is 4.79 Å². The summed E-state index contributed by atoms with van der Waals surface area (Å²) in [6, 6.07) is 16.5. The second kappa shape index (κ2) is 6.50. The maximum Gasteiger partial charge on any atom is 0.241 e. The Kier molecular flexibility index (Phi) is 4.71. The topological polar surface area (TPSA) is 55.1 Å². The van der Waals surface area contributed by atoms with Crippen LogP contribution in [0.5, 0.6) is 0 Å². The summed E-state index contributed by atoms with van der Waals surface area (Å²) >= 11 is 3.37. The first-order valence-corrected chi connectivity index (χ1v) is 6.79. The lowest BCUT2D eigenvalue weighted by Crippen LogP contribution is -2.33. The van der Waals surface area contributed by atoms with Crippen molar-refractivity contribution in [2.75, 3.05) is 0 Å². The SMILES string of the molecule is NC(C(=O)NCc1ccc(Br)cc1)c1ccccc1. The number of amides is 1. The fraction of sp³-hybridized carbons (Fsp3) is 0.133. The Morgan fingerprint density at radius 2 is 1.74 bits per heavy atom. The molecule has 19 heavy (non-hydrogen) atoms. The second-order valence-electron chi connectivity index (χ2n) is 4.23. The molecule has 0 spiro atoms. The first-order valence-electron chi connectivity index (χ1n) is 5.99. The molecule has 0 aliphatic rings. The minimum absolute atomic E-state index is 0.172. The van der Waals surface area contributed by atoms with E-state index in [1.807, 2.05) is 54.6 Å². The molecule has 1 amide bonds. The summed E-state index contributed by atoms with van der Waals surface area (Å²) < 4.78 is 1.02. The Balaban J connectivity index is 1.93. The number of rotatable bonds is 4. The molecular formula is C15H15BrN2O. The normalized spacial score (nSPS) is 11.9. The summed E-state index contributed by atoms with van der Waals surface area (Å²) in [6.07, 6.45) is 0. The molecule has 0 heterocycles. The second-order valence-corrected chi connectivity index (χ2v) is 5.15. The van der Waals surface area contributed by atoms with Gasteiger partial charge in [0.2, 0.25) is 5.91 Å². The van der Waals surface area contributed by atoms with Gasteiger partial charge in [-0.15, -0.1) is 0 Å². The van der Waals surface area contributed by atoms with Crippen LogP contribution in [0.15, 0.2) is 59.1 Å². The molecule has 98 valence electrons. The number of hydrogen-bond acceptors (Lipinski definition) is 2. The van der Waals surface area contributed by atoms with Gasteiger partial charge in [-0.05, 0) is 23.3 Å². The maximum absolute atomic E-state index is 11.9. The molecule has 1 atom stereocenters. The highest BCUT2D eigenvalue weighted by Gasteiger charge is 2.14. The zero-order chi connectivity index (χ0) is 13.7. The average molecular weight is 319 g/mol. The smallest absolute Gasteiger partial charge is 0.241 e. The number of hydrogen-bond donors (Lipinski definition) is 2. The molecule has 3 N–H and O–H groups in total. The van der Waals surface area contributed by atoms with Crippen LogP contribution in [0.4, 0.5) is 0 Å². The van der Waals surface area contributed by atoms with Crippen molar-refractivity contribution in [1.29, 1.82) is 0 Å². The zero-order valence-corrected chi connectivity index (χ0v) is 11.9. The average Bonchev–Trinajstić information content (AvgIpc) is 2.46. The van der Waals surface area contributed by atoms with Gasteiger partial charge in [-0.3, -0.25) is 4.79 Å². The molecule has 0 saturated heterocycles. The Hall–Kier alpha value is -1.65. The lowest BCUT2D eigenvalue weighted by atomic mass is 10.1. The third-order valence-corrected chi connectivity index (χ3v) is 3.35. The van der Waals surface area contributed by atoms with E-state index in [-0.39, 0.29) is 5.91 Å². The predicted molar refractivity (Wildman–Crippen MR) is 79.4 cm³/mol. The van der Waals surface area contributed by atoms with Gasteiger partial charge < -0.3 is 11.1 Å². The fourth-order valence-electron chi connectivity index (χ4n) is 1.71. The summed E-state index contributed by atoms with van der Waals surface area (Å²) in [5.41, 5.74) is 7.76. The Morgan fingerprint density at radius 1 is 1.11 bits per heavy atom. The number of benzene rings is 2. The molecule has 0 aliphatic carbocycles. The van der Waals surface area contributed by atoms with E-state index in [1.165, 1.54) is 0 Å². The largest absolute Gasteiger partial charge is 0.350 e. The van der Waals surface area contributed by atoms with Crippen molar-refractivity contribution in [3.8, 4) is 0 Å². The van der Waals surface area contributed by atoms with Gasteiger partial charge in [-0.1, -0.05) is 58.4 Å². The van der Waals surface area contributed by atoms with Crippen LogP contribution in [0, 0.1) is 0 Å². The van der Waals surface area contributed by atoms with Crippen molar-refractivity contribution in [1.82, 2.24) is 5.32 Å². The highest BCUT2D eigenvalue weighted by atomic mass is 79.9.